The molecule has 0 aliphatic carbocycles. The van der Waals surface area contributed by atoms with E-state index in [0.29, 0.717) is 30.7 Å². The van der Waals surface area contributed by atoms with Gasteiger partial charge in [0.25, 0.3) is 11.5 Å². The number of carboxylic acids is 1. The number of rotatable bonds is 3. The van der Waals surface area contributed by atoms with E-state index in [2.05, 4.69) is 10.5 Å². The van der Waals surface area contributed by atoms with Crippen molar-refractivity contribution in [2.45, 2.75) is 44.3 Å². The molecule has 0 amide bonds. The van der Waals surface area contributed by atoms with Crippen LogP contribution >= 0.6 is 0 Å². The Morgan fingerprint density at radius 3 is 2.54 bits per heavy atom. The second-order valence-electron chi connectivity index (χ2n) is 6.52. The van der Waals surface area contributed by atoms with Crippen LogP contribution in [0.4, 0.5) is 17.6 Å². The van der Waals surface area contributed by atoms with E-state index in [0.717, 1.165) is 25.5 Å². The van der Waals surface area contributed by atoms with Crippen molar-refractivity contribution < 1.29 is 32.0 Å². The molecule has 1 aliphatic heterocycles. The Bertz CT molecular complexity index is 856. The number of alkyl halides is 3. The number of nitrogens with one attached hydrogen (secondary N) is 2. The average Bonchev–Trinajstić information content (AvgIpc) is 3.00. The quantitative estimate of drug-likeness (QED) is 0.683. The fourth-order valence-corrected chi connectivity index (χ4v) is 3.12. The Morgan fingerprint density at radius 2 is 2.00 bits per heavy atom. The van der Waals surface area contributed by atoms with Gasteiger partial charge in [-0.15, -0.1) is 0 Å². The molecule has 0 unspecified atom stereocenters. The van der Waals surface area contributed by atoms with Crippen LogP contribution in [0.1, 0.15) is 42.6 Å². The Morgan fingerprint density at radius 1 is 1.32 bits per heavy atom. The predicted molar refractivity (Wildman–Crippen MR) is 91.5 cm³/mol. The van der Waals surface area contributed by atoms with Crippen LogP contribution < -0.4 is 10.9 Å². The number of hydrogen-bond acceptors (Lipinski definition) is 4. The number of aromatic amines is 1. The van der Waals surface area contributed by atoms with Crippen LogP contribution in [-0.2, 0) is 17.4 Å². The van der Waals surface area contributed by atoms with Gasteiger partial charge in [0.2, 0.25) is 0 Å². The van der Waals surface area contributed by atoms with E-state index in [1.54, 1.807) is 0 Å². The van der Waals surface area contributed by atoms with Crippen LogP contribution in [0.2, 0.25) is 0 Å². The van der Waals surface area contributed by atoms with Gasteiger partial charge >= 0.3 is 6.18 Å². The lowest BCUT2D eigenvalue weighted by atomic mass is 9.87. The molecule has 1 aromatic carbocycles. The molecule has 154 valence electrons. The summed E-state index contributed by atoms with van der Waals surface area (Å²) in [4.78, 5) is 20.2. The third-order valence-electron chi connectivity index (χ3n) is 4.26. The lowest BCUT2D eigenvalue weighted by molar-refractivity contribution is -0.140. The number of benzene rings is 1. The van der Waals surface area contributed by atoms with E-state index >= 15 is 0 Å². The maximum Gasteiger partial charge on any atom is 0.419 e. The van der Waals surface area contributed by atoms with Crippen LogP contribution in [-0.4, -0.2) is 28.8 Å². The molecule has 1 saturated heterocycles. The van der Waals surface area contributed by atoms with Crippen molar-refractivity contribution in [2.75, 3.05) is 6.54 Å². The molecule has 2 aromatic rings. The van der Waals surface area contributed by atoms with Crippen molar-refractivity contribution in [3.05, 3.63) is 57.3 Å². The van der Waals surface area contributed by atoms with Crippen LogP contribution in [0, 0.1) is 5.82 Å². The molecule has 6 nitrogen and oxygen atoms in total. The molecule has 0 bridgehead atoms. The van der Waals surface area contributed by atoms with Gasteiger partial charge in [-0.25, -0.2) is 4.39 Å². The number of halogens is 4. The average molecular weight is 404 g/mol. The predicted octanol–water partition coefficient (Wildman–Crippen LogP) is 3.30. The van der Waals surface area contributed by atoms with Gasteiger partial charge in [0.15, 0.2) is 0 Å². The van der Waals surface area contributed by atoms with Crippen LogP contribution in [0.15, 0.2) is 33.6 Å². The summed E-state index contributed by atoms with van der Waals surface area (Å²) in [6, 6.07) is 4.39. The molecule has 2 atom stereocenters. The monoisotopic (exact) mass is 404 g/mol. The fraction of sp³-hybridized carbons (Fsp3) is 0.444. The summed E-state index contributed by atoms with van der Waals surface area (Å²) in [5.74, 6) is -1.47. The van der Waals surface area contributed by atoms with Gasteiger partial charge in [-0.05, 0) is 43.5 Å². The standard InChI is InChI=1S/C16H16F4N2O2.C2H4O2/c17-13-6-9(1-2-12(13)16(18,19)20)5-11-7-10(3-4-21-11)14-8-15(23)22-24-14;1-2(3)4/h1-2,6,8,10-11,21H,3-5,7H2,(H,22,23);1H3,(H,3,4)/t10-,11-;/m0./s1. The molecule has 28 heavy (non-hydrogen) atoms. The Balaban J connectivity index is 0.000000640. The highest BCUT2D eigenvalue weighted by molar-refractivity contribution is 5.62. The van der Waals surface area contributed by atoms with E-state index in [1.165, 1.54) is 12.1 Å². The van der Waals surface area contributed by atoms with Crippen molar-refractivity contribution >= 4 is 5.97 Å². The maximum absolute atomic E-state index is 13.7. The summed E-state index contributed by atoms with van der Waals surface area (Å²) >= 11 is 0. The third kappa shape index (κ3) is 6.22. The zero-order chi connectivity index (χ0) is 20.9. The van der Waals surface area contributed by atoms with E-state index in [1.807, 2.05) is 0 Å². The zero-order valence-corrected chi connectivity index (χ0v) is 15.0. The molecular formula is C18H20F4N2O4. The molecule has 1 fully saturated rings. The van der Waals surface area contributed by atoms with E-state index in [-0.39, 0.29) is 17.5 Å². The molecule has 10 heteroatoms. The minimum Gasteiger partial charge on any atom is -0.481 e. The van der Waals surface area contributed by atoms with Crippen LogP contribution in [0.25, 0.3) is 0 Å². The maximum atomic E-state index is 13.7. The topological polar surface area (TPSA) is 95.3 Å². The van der Waals surface area contributed by atoms with Gasteiger partial charge in [-0.1, -0.05) is 6.07 Å². The summed E-state index contributed by atoms with van der Waals surface area (Å²) in [5, 5.41) is 12.9. The van der Waals surface area contributed by atoms with Gasteiger partial charge in [0, 0.05) is 24.9 Å². The molecule has 0 radical (unpaired) electrons. The minimum atomic E-state index is -4.69. The van der Waals surface area contributed by atoms with Crippen molar-refractivity contribution in [2.24, 2.45) is 0 Å². The first-order valence-electron chi connectivity index (χ1n) is 8.53. The van der Waals surface area contributed by atoms with E-state index < -0.39 is 23.5 Å². The fourth-order valence-electron chi connectivity index (χ4n) is 3.12. The summed E-state index contributed by atoms with van der Waals surface area (Å²) in [6.45, 7) is 1.77. The van der Waals surface area contributed by atoms with Gasteiger partial charge in [0.05, 0.1) is 5.56 Å². The van der Waals surface area contributed by atoms with Crippen molar-refractivity contribution in [1.82, 2.24) is 10.5 Å². The normalized spacial score (nSPS) is 19.6. The summed E-state index contributed by atoms with van der Waals surface area (Å²) < 4.78 is 56.5. The summed E-state index contributed by atoms with van der Waals surface area (Å²) in [5.41, 5.74) is -1.06. The molecule has 1 aromatic heterocycles. The summed E-state index contributed by atoms with van der Waals surface area (Å²) in [6.07, 6.45) is -2.84. The molecule has 3 rings (SSSR count). The first-order chi connectivity index (χ1) is 13.1. The Labute approximate surface area is 157 Å². The van der Waals surface area contributed by atoms with Gasteiger partial charge in [0.1, 0.15) is 11.6 Å². The van der Waals surface area contributed by atoms with Crippen LogP contribution in [0.5, 0.6) is 0 Å². The molecular weight excluding hydrogens is 384 g/mol. The van der Waals surface area contributed by atoms with Gasteiger partial charge in [-0.3, -0.25) is 9.59 Å². The molecule has 0 saturated carbocycles. The van der Waals surface area contributed by atoms with Crippen molar-refractivity contribution in [1.29, 1.82) is 0 Å². The lowest BCUT2D eigenvalue weighted by Gasteiger charge is -2.29. The van der Waals surface area contributed by atoms with Crippen molar-refractivity contribution in [3.8, 4) is 0 Å². The van der Waals surface area contributed by atoms with Gasteiger partial charge in [-0.2, -0.15) is 18.3 Å². The second-order valence-corrected chi connectivity index (χ2v) is 6.52. The number of aromatic nitrogens is 1. The summed E-state index contributed by atoms with van der Waals surface area (Å²) in [7, 11) is 0. The number of carboxylic acid groups (broad SMARTS) is 1. The number of aliphatic carboxylic acids is 1. The Hall–Kier alpha value is -2.62. The van der Waals surface area contributed by atoms with Crippen LogP contribution in [0.3, 0.4) is 0 Å². The first-order valence-corrected chi connectivity index (χ1v) is 8.53. The third-order valence-corrected chi connectivity index (χ3v) is 4.26. The number of carbonyl (C=O) groups is 1. The Kier molecular flexibility index (Phi) is 7.00. The number of hydrogen-bond donors (Lipinski definition) is 3. The highest BCUT2D eigenvalue weighted by atomic mass is 19.4. The molecule has 0 spiro atoms. The smallest absolute Gasteiger partial charge is 0.419 e. The number of piperidine rings is 1. The largest absolute Gasteiger partial charge is 0.481 e. The highest BCUT2D eigenvalue weighted by Gasteiger charge is 2.34. The molecule has 3 N–H and O–H groups in total. The van der Waals surface area contributed by atoms with E-state index in [4.69, 9.17) is 14.4 Å². The van der Waals surface area contributed by atoms with Gasteiger partial charge < -0.3 is 14.9 Å². The molecule has 2 heterocycles. The first kappa shape index (κ1) is 21.7. The minimum absolute atomic E-state index is 0.0277. The second kappa shape index (κ2) is 9.05. The number of H-pyrrole nitrogens is 1. The van der Waals surface area contributed by atoms with Crippen molar-refractivity contribution in [3.63, 3.8) is 0 Å². The molecule has 1 aliphatic rings. The lowest BCUT2D eigenvalue weighted by Crippen LogP contribution is -2.38. The SMILES string of the molecule is CC(=O)O.O=c1cc([C@H]2CCN[C@@H](Cc3ccc(C(F)(F)F)c(F)c3)C2)o[nH]1. The highest BCUT2D eigenvalue weighted by Crippen LogP contribution is 2.32. The van der Waals surface area contributed by atoms with E-state index in [9.17, 15) is 22.4 Å². The zero-order valence-electron chi connectivity index (χ0n) is 15.0.